The molecule has 1 saturated carbocycles. The zero-order valence-electron chi connectivity index (χ0n) is 11.6. The Morgan fingerprint density at radius 2 is 2.26 bits per heavy atom. The smallest absolute Gasteiger partial charge is 0.123 e. The van der Waals surface area contributed by atoms with E-state index in [9.17, 15) is 9.50 Å². The molecule has 0 aliphatic heterocycles. The van der Waals surface area contributed by atoms with Crippen molar-refractivity contribution < 1.29 is 9.50 Å². The maximum Gasteiger partial charge on any atom is 0.123 e. The molecule has 2 N–H and O–H groups in total. The number of aliphatic hydroxyl groups excluding tert-OH is 1. The van der Waals surface area contributed by atoms with Crippen LogP contribution in [0.3, 0.4) is 0 Å². The molecule has 2 rings (SSSR count). The van der Waals surface area contributed by atoms with Crippen LogP contribution < -0.4 is 5.32 Å². The highest BCUT2D eigenvalue weighted by atomic mass is 19.1. The molecule has 1 aliphatic carbocycles. The topological polar surface area (TPSA) is 32.3 Å². The second-order valence-electron chi connectivity index (χ2n) is 5.83. The summed E-state index contributed by atoms with van der Waals surface area (Å²) in [6.45, 7) is 3.08. The van der Waals surface area contributed by atoms with E-state index < -0.39 is 0 Å². The van der Waals surface area contributed by atoms with Gasteiger partial charge in [-0.05, 0) is 62.8 Å². The molecule has 3 heteroatoms. The lowest BCUT2D eigenvalue weighted by Gasteiger charge is -2.27. The van der Waals surface area contributed by atoms with E-state index >= 15 is 0 Å². The van der Waals surface area contributed by atoms with Crippen molar-refractivity contribution in [3.63, 3.8) is 0 Å². The lowest BCUT2D eigenvalue weighted by atomic mass is 9.87. The molecule has 3 unspecified atom stereocenters. The molecule has 0 bridgehead atoms. The Kier molecular flexibility index (Phi) is 5.34. The van der Waals surface area contributed by atoms with Crippen LogP contribution in [0.2, 0.25) is 0 Å². The van der Waals surface area contributed by atoms with Gasteiger partial charge in [-0.25, -0.2) is 4.39 Å². The first-order valence-corrected chi connectivity index (χ1v) is 7.29. The van der Waals surface area contributed by atoms with Crippen LogP contribution in [0.25, 0.3) is 0 Å². The average Bonchev–Trinajstić information content (AvgIpc) is 2.36. The third-order valence-electron chi connectivity index (χ3n) is 3.94. The highest BCUT2D eigenvalue weighted by Crippen LogP contribution is 2.23. The number of benzene rings is 1. The predicted molar refractivity (Wildman–Crippen MR) is 75.5 cm³/mol. The lowest BCUT2D eigenvalue weighted by Crippen LogP contribution is -2.35. The fourth-order valence-corrected chi connectivity index (χ4v) is 2.91. The quantitative estimate of drug-likeness (QED) is 0.858. The Morgan fingerprint density at radius 3 is 3.00 bits per heavy atom. The molecular weight excluding hydrogens is 241 g/mol. The Labute approximate surface area is 115 Å². The van der Waals surface area contributed by atoms with Crippen LogP contribution in [0.1, 0.15) is 38.2 Å². The fourth-order valence-electron chi connectivity index (χ4n) is 2.91. The van der Waals surface area contributed by atoms with Crippen molar-refractivity contribution in [2.24, 2.45) is 5.92 Å². The Bertz CT molecular complexity index is 396. The van der Waals surface area contributed by atoms with Gasteiger partial charge in [-0.1, -0.05) is 18.6 Å². The highest BCUT2D eigenvalue weighted by Gasteiger charge is 2.20. The summed E-state index contributed by atoms with van der Waals surface area (Å²) in [6, 6.07) is 7.13. The van der Waals surface area contributed by atoms with E-state index in [-0.39, 0.29) is 11.9 Å². The molecule has 1 fully saturated rings. The van der Waals surface area contributed by atoms with E-state index in [1.807, 2.05) is 6.07 Å². The van der Waals surface area contributed by atoms with Crippen molar-refractivity contribution in [2.75, 3.05) is 6.54 Å². The summed E-state index contributed by atoms with van der Waals surface area (Å²) >= 11 is 0. The second kappa shape index (κ2) is 7.01. The zero-order valence-corrected chi connectivity index (χ0v) is 11.6. The number of aliphatic hydroxyl groups is 1. The molecule has 0 saturated heterocycles. The number of hydrogen-bond donors (Lipinski definition) is 2. The Hall–Kier alpha value is -0.930. The molecule has 1 aromatic carbocycles. The van der Waals surface area contributed by atoms with E-state index in [1.165, 1.54) is 12.5 Å². The van der Waals surface area contributed by atoms with E-state index in [0.29, 0.717) is 12.0 Å². The summed E-state index contributed by atoms with van der Waals surface area (Å²) in [4.78, 5) is 0. The normalized spacial score (nSPS) is 25.2. The monoisotopic (exact) mass is 265 g/mol. The van der Waals surface area contributed by atoms with Crippen molar-refractivity contribution in [2.45, 2.75) is 51.2 Å². The van der Waals surface area contributed by atoms with E-state index in [0.717, 1.165) is 37.8 Å². The van der Waals surface area contributed by atoms with E-state index in [4.69, 9.17) is 0 Å². The molecule has 1 aliphatic rings. The lowest BCUT2D eigenvalue weighted by molar-refractivity contribution is 0.0998. The van der Waals surface area contributed by atoms with Gasteiger partial charge in [0.2, 0.25) is 0 Å². The van der Waals surface area contributed by atoms with Crippen LogP contribution in [-0.2, 0) is 6.42 Å². The molecule has 0 heterocycles. The third-order valence-corrected chi connectivity index (χ3v) is 3.94. The molecule has 0 amide bonds. The van der Waals surface area contributed by atoms with Crippen LogP contribution in [0.5, 0.6) is 0 Å². The minimum Gasteiger partial charge on any atom is -0.393 e. The predicted octanol–water partition coefficient (Wildman–Crippen LogP) is 2.90. The minimum atomic E-state index is -0.167. The van der Waals surface area contributed by atoms with E-state index in [2.05, 4.69) is 12.2 Å². The summed E-state index contributed by atoms with van der Waals surface area (Å²) in [6.07, 6.45) is 4.93. The van der Waals surface area contributed by atoms with Crippen molar-refractivity contribution in [3.8, 4) is 0 Å². The summed E-state index contributed by atoms with van der Waals surface area (Å²) in [5.41, 5.74) is 1.03. The molecule has 0 aromatic heterocycles. The van der Waals surface area contributed by atoms with Gasteiger partial charge in [-0.3, -0.25) is 0 Å². The molecule has 106 valence electrons. The maximum absolute atomic E-state index is 13.1. The first-order chi connectivity index (χ1) is 9.13. The van der Waals surface area contributed by atoms with Crippen molar-refractivity contribution in [3.05, 3.63) is 35.6 Å². The second-order valence-corrected chi connectivity index (χ2v) is 5.83. The number of hydrogen-bond acceptors (Lipinski definition) is 2. The van der Waals surface area contributed by atoms with Crippen LogP contribution >= 0.6 is 0 Å². The van der Waals surface area contributed by atoms with Gasteiger partial charge >= 0.3 is 0 Å². The summed E-state index contributed by atoms with van der Waals surface area (Å²) in [7, 11) is 0. The maximum atomic E-state index is 13.1. The zero-order chi connectivity index (χ0) is 13.7. The molecule has 2 nitrogen and oxygen atoms in total. The fraction of sp³-hybridized carbons (Fsp3) is 0.625. The van der Waals surface area contributed by atoms with Gasteiger partial charge in [-0.2, -0.15) is 0 Å². The number of nitrogens with one attached hydrogen (secondary N) is 1. The molecule has 19 heavy (non-hydrogen) atoms. The van der Waals surface area contributed by atoms with Crippen molar-refractivity contribution in [1.82, 2.24) is 5.32 Å². The van der Waals surface area contributed by atoms with Gasteiger partial charge in [0, 0.05) is 6.04 Å². The Morgan fingerprint density at radius 1 is 1.42 bits per heavy atom. The molecule has 0 radical (unpaired) electrons. The third kappa shape index (κ3) is 4.92. The van der Waals surface area contributed by atoms with E-state index in [1.54, 1.807) is 12.1 Å². The van der Waals surface area contributed by atoms with Gasteiger partial charge in [0.1, 0.15) is 5.82 Å². The summed E-state index contributed by atoms with van der Waals surface area (Å²) in [5, 5.41) is 13.1. The first kappa shape index (κ1) is 14.5. The van der Waals surface area contributed by atoms with Gasteiger partial charge in [0.15, 0.2) is 0 Å². The van der Waals surface area contributed by atoms with Gasteiger partial charge in [-0.15, -0.1) is 0 Å². The van der Waals surface area contributed by atoms with Gasteiger partial charge < -0.3 is 10.4 Å². The van der Waals surface area contributed by atoms with Crippen LogP contribution in [0.4, 0.5) is 4.39 Å². The highest BCUT2D eigenvalue weighted by molar-refractivity contribution is 5.17. The number of halogens is 1. The molecule has 1 aromatic rings. The van der Waals surface area contributed by atoms with Crippen LogP contribution in [-0.4, -0.2) is 23.8 Å². The van der Waals surface area contributed by atoms with Crippen LogP contribution in [0.15, 0.2) is 24.3 Å². The van der Waals surface area contributed by atoms with Gasteiger partial charge in [0.25, 0.3) is 0 Å². The first-order valence-electron chi connectivity index (χ1n) is 7.29. The molecule has 0 spiro atoms. The van der Waals surface area contributed by atoms with Gasteiger partial charge in [0.05, 0.1) is 6.10 Å². The molecule has 3 atom stereocenters. The van der Waals surface area contributed by atoms with Crippen LogP contribution in [0, 0.1) is 11.7 Å². The summed E-state index contributed by atoms with van der Waals surface area (Å²) < 4.78 is 13.1. The standard InChI is InChI=1S/C16H24FNO/c1-12(8-13-4-2-6-15(17)9-13)18-11-14-5-3-7-16(19)10-14/h2,4,6,9,12,14,16,18-19H,3,5,7-8,10-11H2,1H3. The number of rotatable bonds is 5. The SMILES string of the molecule is CC(Cc1cccc(F)c1)NCC1CCCC(O)C1. The van der Waals surface area contributed by atoms with Crippen molar-refractivity contribution >= 4 is 0 Å². The minimum absolute atomic E-state index is 0.112. The largest absolute Gasteiger partial charge is 0.393 e. The summed E-state index contributed by atoms with van der Waals surface area (Å²) in [5.74, 6) is 0.416. The Balaban J connectivity index is 1.73. The average molecular weight is 265 g/mol. The van der Waals surface area contributed by atoms with Crippen molar-refractivity contribution in [1.29, 1.82) is 0 Å². The molecular formula is C16H24FNO.